The van der Waals surface area contributed by atoms with Gasteiger partial charge in [0.2, 0.25) is 0 Å². The summed E-state index contributed by atoms with van der Waals surface area (Å²) in [6.07, 6.45) is 0. The predicted octanol–water partition coefficient (Wildman–Crippen LogP) is 9.74. The molecule has 0 heterocycles. The van der Waals surface area contributed by atoms with Gasteiger partial charge < -0.3 is 10.6 Å². The molecule has 4 rings (SSSR count). The number of benzene rings is 3. The molecule has 0 bridgehead atoms. The summed E-state index contributed by atoms with van der Waals surface area (Å²) in [4.78, 5) is 4.72. The molecule has 0 aliphatic heterocycles. The number of alkyl halides is 2. The molecule has 0 spiro atoms. The Hall–Kier alpha value is -2.43. The van der Waals surface area contributed by atoms with Crippen LogP contribution in [-0.2, 0) is 0 Å². The summed E-state index contributed by atoms with van der Waals surface area (Å²) < 4.78 is -0.969. The summed E-state index contributed by atoms with van der Waals surface area (Å²) in [5.41, 5.74) is 8.11. The molecule has 1 aliphatic rings. The number of nitrogens with zero attached hydrogens (tertiary/aromatic N) is 1. The van der Waals surface area contributed by atoms with Gasteiger partial charge in [0.05, 0.1) is 10.7 Å². The van der Waals surface area contributed by atoms with Crippen LogP contribution in [0.2, 0.25) is 10.0 Å². The Morgan fingerprint density at radius 3 is 2.35 bits per heavy atom. The van der Waals surface area contributed by atoms with Crippen molar-refractivity contribution in [3.8, 4) is 0 Å². The number of nitrogens with one attached hydrogen (secondary N) is 2. The topological polar surface area (TPSA) is 36.4 Å². The van der Waals surface area contributed by atoms with Gasteiger partial charge in [0, 0.05) is 39.5 Å². The number of hydrogen-bond donors (Lipinski definition) is 2. The molecule has 3 nitrogen and oxygen atoms in total. The molecule has 192 valence electrons. The second kappa shape index (κ2) is 10.7. The predicted molar refractivity (Wildman–Crippen MR) is 162 cm³/mol. The number of amidine groups is 1. The van der Waals surface area contributed by atoms with E-state index in [1.54, 1.807) is 0 Å². The number of allylic oxidation sites excluding steroid dienone is 1. The quantitative estimate of drug-likeness (QED) is 0.168. The van der Waals surface area contributed by atoms with E-state index in [1.807, 2.05) is 58.0 Å². The van der Waals surface area contributed by atoms with E-state index < -0.39 is 4.33 Å². The van der Waals surface area contributed by atoms with Crippen LogP contribution < -0.4 is 10.6 Å². The van der Waals surface area contributed by atoms with Crippen LogP contribution in [0.25, 0.3) is 5.70 Å². The first kappa shape index (κ1) is 27.6. The third kappa shape index (κ3) is 6.18. The minimum atomic E-state index is -0.969. The maximum atomic E-state index is 6.69. The van der Waals surface area contributed by atoms with Crippen molar-refractivity contribution in [2.24, 2.45) is 10.9 Å². The van der Waals surface area contributed by atoms with Crippen LogP contribution in [0.3, 0.4) is 0 Å². The highest BCUT2D eigenvalue weighted by Crippen LogP contribution is 2.67. The fraction of sp³-hybridized carbons (Fsp3) is 0.233. The van der Waals surface area contributed by atoms with Crippen LogP contribution in [0.5, 0.6) is 0 Å². The van der Waals surface area contributed by atoms with Crippen molar-refractivity contribution in [2.75, 3.05) is 5.32 Å². The van der Waals surface area contributed by atoms with Gasteiger partial charge in [-0.25, -0.2) is 4.99 Å². The summed E-state index contributed by atoms with van der Waals surface area (Å²) in [5.74, 6) is 0.422. The van der Waals surface area contributed by atoms with Crippen molar-refractivity contribution in [2.45, 2.75) is 37.9 Å². The van der Waals surface area contributed by atoms with Gasteiger partial charge in [-0.15, -0.1) is 23.2 Å². The van der Waals surface area contributed by atoms with Gasteiger partial charge in [0.1, 0.15) is 10.2 Å². The molecular formula is C30H29Cl4N3. The molecule has 3 aromatic carbocycles. The van der Waals surface area contributed by atoms with Crippen molar-refractivity contribution in [3.05, 3.63) is 111 Å². The number of aliphatic imine (C=N–C) groups is 1. The molecule has 2 unspecified atom stereocenters. The van der Waals surface area contributed by atoms with E-state index in [-0.39, 0.29) is 11.8 Å². The monoisotopic (exact) mass is 571 g/mol. The first-order chi connectivity index (χ1) is 17.4. The highest BCUT2D eigenvalue weighted by Gasteiger charge is 2.65. The summed E-state index contributed by atoms with van der Waals surface area (Å²) in [5, 5.41) is 7.86. The van der Waals surface area contributed by atoms with E-state index in [0.29, 0.717) is 27.3 Å². The van der Waals surface area contributed by atoms with Gasteiger partial charge in [-0.2, -0.15) is 0 Å². The maximum absolute atomic E-state index is 6.69. The normalized spacial score (nSPS) is 18.3. The SMILES string of the molecule is C=C(N/C(C)=N/c1cc(C)ccc1C)c1cc(NC(=C)C2C(c3cc(C)cc(Cl)c3)C2(Cl)Cl)ccc1Cl. The van der Waals surface area contributed by atoms with Crippen LogP contribution in [-0.4, -0.2) is 10.2 Å². The average Bonchev–Trinajstić information content (AvgIpc) is 3.39. The molecule has 0 amide bonds. The first-order valence-corrected chi connectivity index (χ1v) is 13.4. The zero-order valence-corrected chi connectivity index (χ0v) is 24.2. The fourth-order valence-electron chi connectivity index (χ4n) is 4.55. The van der Waals surface area contributed by atoms with E-state index in [9.17, 15) is 0 Å². The standard InChI is InChI=1S/C30H29Cl4N3/c1-16-7-8-18(3)27(13-16)37-21(6)35-19(4)25-15-24(9-10-26(25)32)36-20(5)28-29(30(28,33)34)22-11-17(2)12-23(31)14-22/h7-15,28-29,36H,4-5H2,1-3,6H3,(H,35,37). The molecular weight excluding hydrogens is 544 g/mol. The lowest BCUT2D eigenvalue weighted by Crippen LogP contribution is -2.18. The highest BCUT2D eigenvalue weighted by molar-refractivity contribution is 6.52. The van der Waals surface area contributed by atoms with Crippen LogP contribution in [0, 0.1) is 26.7 Å². The molecule has 3 aromatic rings. The van der Waals surface area contributed by atoms with Crippen LogP contribution in [0.15, 0.2) is 78.4 Å². The largest absolute Gasteiger partial charge is 0.359 e. The maximum Gasteiger partial charge on any atom is 0.134 e. The molecule has 7 heteroatoms. The molecule has 1 saturated carbocycles. The molecule has 37 heavy (non-hydrogen) atoms. The van der Waals surface area contributed by atoms with Crippen molar-refractivity contribution in [1.82, 2.24) is 5.32 Å². The number of aryl methyl sites for hydroxylation is 3. The minimum Gasteiger partial charge on any atom is -0.359 e. The second-order valence-corrected chi connectivity index (χ2v) is 11.9. The van der Waals surface area contributed by atoms with Gasteiger partial charge in [-0.3, -0.25) is 0 Å². The third-order valence-corrected chi connectivity index (χ3v) is 7.92. The smallest absolute Gasteiger partial charge is 0.134 e. The molecule has 2 N–H and O–H groups in total. The van der Waals surface area contributed by atoms with Crippen molar-refractivity contribution in [3.63, 3.8) is 0 Å². The lowest BCUT2D eigenvalue weighted by molar-refractivity contribution is 0.946. The van der Waals surface area contributed by atoms with Gasteiger partial charge >= 0.3 is 0 Å². The van der Waals surface area contributed by atoms with Crippen LogP contribution in [0.1, 0.15) is 40.7 Å². The van der Waals surface area contributed by atoms with Crippen molar-refractivity contribution >= 4 is 69.3 Å². The number of halogens is 4. The zero-order chi connectivity index (χ0) is 27.1. The Balaban J connectivity index is 1.49. The molecule has 2 atom stereocenters. The minimum absolute atomic E-state index is 0.111. The van der Waals surface area contributed by atoms with Gasteiger partial charge in [0.15, 0.2) is 0 Å². The van der Waals surface area contributed by atoms with E-state index in [1.165, 1.54) is 0 Å². The molecule has 0 radical (unpaired) electrons. The van der Waals surface area contributed by atoms with Crippen molar-refractivity contribution in [1.29, 1.82) is 0 Å². The first-order valence-electron chi connectivity index (χ1n) is 11.9. The van der Waals surface area contributed by atoms with Gasteiger partial charge in [-0.05, 0) is 86.3 Å². The lowest BCUT2D eigenvalue weighted by Gasteiger charge is -2.15. The van der Waals surface area contributed by atoms with Gasteiger partial charge in [0.25, 0.3) is 0 Å². The number of anilines is 1. The van der Waals surface area contributed by atoms with E-state index in [0.717, 1.165) is 39.2 Å². The average molecular weight is 573 g/mol. The van der Waals surface area contributed by atoms with E-state index in [2.05, 4.69) is 48.1 Å². The Morgan fingerprint density at radius 2 is 1.65 bits per heavy atom. The lowest BCUT2D eigenvalue weighted by atomic mass is 10.1. The van der Waals surface area contributed by atoms with Gasteiger partial charge in [-0.1, -0.05) is 54.6 Å². The molecule has 1 aliphatic carbocycles. The summed E-state index contributed by atoms with van der Waals surface area (Å²) in [6, 6.07) is 17.7. The zero-order valence-electron chi connectivity index (χ0n) is 21.2. The number of hydrogen-bond acceptors (Lipinski definition) is 2. The van der Waals surface area contributed by atoms with E-state index >= 15 is 0 Å². The second-order valence-electron chi connectivity index (χ2n) is 9.63. The Kier molecular flexibility index (Phi) is 8.02. The van der Waals surface area contributed by atoms with Crippen LogP contribution >= 0.6 is 46.4 Å². The molecule has 1 fully saturated rings. The van der Waals surface area contributed by atoms with Crippen LogP contribution in [0.4, 0.5) is 11.4 Å². The fourth-order valence-corrected chi connectivity index (χ4v) is 5.97. The van der Waals surface area contributed by atoms with E-state index in [4.69, 9.17) is 51.4 Å². The summed E-state index contributed by atoms with van der Waals surface area (Å²) >= 11 is 26.2. The molecule has 0 saturated heterocycles. The molecule has 0 aromatic heterocycles. The summed E-state index contributed by atoms with van der Waals surface area (Å²) in [6.45, 7) is 16.4. The third-order valence-electron chi connectivity index (χ3n) is 6.43. The number of rotatable bonds is 7. The Bertz CT molecular complexity index is 1400. The highest BCUT2D eigenvalue weighted by atomic mass is 35.5. The Morgan fingerprint density at radius 1 is 0.919 bits per heavy atom. The van der Waals surface area contributed by atoms with Crippen molar-refractivity contribution < 1.29 is 0 Å². The summed E-state index contributed by atoms with van der Waals surface area (Å²) in [7, 11) is 0. The Labute approximate surface area is 239 Å².